The van der Waals surface area contributed by atoms with Gasteiger partial charge in [0.25, 0.3) is 6.09 Å². The molecule has 0 fully saturated rings. The first-order chi connectivity index (χ1) is 7.58. The molecule has 0 saturated carbocycles. The molecule has 0 spiro atoms. The van der Waals surface area contributed by atoms with E-state index in [0.29, 0.717) is 11.6 Å². The van der Waals surface area contributed by atoms with E-state index in [9.17, 15) is 4.39 Å². The van der Waals surface area contributed by atoms with Gasteiger partial charge in [0.15, 0.2) is 0 Å². The Morgan fingerprint density at radius 2 is 1.94 bits per heavy atom. The molecule has 1 aliphatic heterocycles. The SMILES string of the molecule is Cc1c2ncnc1N[C@H](C)C(C)N=C(F)N2. The molecule has 0 saturated heterocycles. The van der Waals surface area contributed by atoms with Crippen LogP contribution in [-0.4, -0.2) is 28.1 Å². The van der Waals surface area contributed by atoms with E-state index in [0.717, 1.165) is 5.56 Å². The van der Waals surface area contributed by atoms with Crippen LogP contribution in [0, 0.1) is 6.92 Å². The van der Waals surface area contributed by atoms with Gasteiger partial charge in [0.2, 0.25) is 0 Å². The van der Waals surface area contributed by atoms with Gasteiger partial charge in [-0.05, 0) is 20.8 Å². The predicted octanol–water partition coefficient (Wildman–Crippen LogP) is 1.72. The molecule has 16 heavy (non-hydrogen) atoms. The van der Waals surface area contributed by atoms with Crippen LogP contribution in [0.2, 0.25) is 0 Å². The number of fused-ring (bicyclic) bond motifs is 2. The minimum absolute atomic E-state index is 0.00657. The molecule has 1 aromatic rings. The molecular formula is C10H14FN5. The Kier molecular flexibility index (Phi) is 2.72. The Balaban J connectivity index is 2.47. The van der Waals surface area contributed by atoms with Gasteiger partial charge in [-0.25, -0.2) is 15.0 Å². The van der Waals surface area contributed by atoms with Gasteiger partial charge in [-0.1, -0.05) is 0 Å². The number of nitrogens with one attached hydrogen (secondary N) is 2. The van der Waals surface area contributed by atoms with Crippen LogP contribution in [0.5, 0.6) is 0 Å². The van der Waals surface area contributed by atoms with Gasteiger partial charge in [0, 0.05) is 11.6 Å². The average Bonchev–Trinajstić information content (AvgIpc) is 2.25. The first kappa shape index (κ1) is 10.8. The minimum Gasteiger partial charge on any atom is -0.365 e. The van der Waals surface area contributed by atoms with E-state index in [4.69, 9.17) is 0 Å². The van der Waals surface area contributed by atoms with Gasteiger partial charge in [-0.15, -0.1) is 0 Å². The second-order valence-corrected chi connectivity index (χ2v) is 3.91. The standard InChI is InChI=1S/C10H14FN5/c1-5-8-12-4-13-9(5)16-10(11)15-7(3)6(2)14-8/h4,6-7H,1-3H3,(H2,12,13,14,15,16)/t6-,7?/m1/s1. The van der Waals surface area contributed by atoms with Crippen LogP contribution in [0.25, 0.3) is 0 Å². The number of aromatic nitrogens is 2. The largest absolute Gasteiger partial charge is 0.365 e. The Morgan fingerprint density at radius 1 is 1.25 bits per heavy atom. The van der Waals surface area contributed by atoms with Gasteiger partial charge >= 0.3 is 0 Å². The zero-order chi connectivity index (χ0) is 11.7. The summed E-state index contributed by atoms with van der Waals surface area (Å²) in [7, 11) is 0. The van der Waals surface area contributed by atoms with Crippen molar-refractivity contribution in [3.05, 3.63) is 11.9 Å². The summed E-state index contributed by atoms with van der Waals surface area (Å²) in [4.78, 5) is 12.0. The van der Waals surface area contributed by atoms with Crippen molar-refractivity contribution in [2.24, 2.45) is 4.99 Å². The fourth-order valence-corrected chi connectivity index (χ4v) is 1.48. The molecule has 2 N–H and O–H groups in total. The topological polar surface area (TPSA) is 62.2 Å². The second kappa shape index (κ2) is 4.03. The summed E-state index contributed by atoms with van der Waals surface area (Å²) in [6, 6.07) is -0.171. The van der Waals surface area contributed by atoms with Crippen LogP contribution >= 0.6 is 0 Å². The van der Waals surface area contributed by atoms with Gasteiger partial charge in [0.05, 0.1) is 6.04 Å². The number of hydrogen-bond acceptors (Lipinski definition) is 5. The molecular weight excluding hydrogens is 209 g/mol. The number of amidine groups is 1. The first-order valence-corrected chi connectivity index (χ1v) is 5.16. The lowest BCUT2D eigenvalue weighted by molar-refractivity contribution is 0.623. The third-order valence-electron chi connectivity index (χ3n) is 2.71. The highest BCUT2D eigenvalue weighted by atomic mass is 19.1. The zero-order valence-corrected chi connectivity index (χ0v) is 9.45. The van der Waals surface area contributed by atoms with Gasteiger partial charge in [0.1, 0.15) is 18.0 Å². The van der Waals surface area contributed by atoms with Gasteiger partial charge in [-0.3, -0.25) is 0 Å². The lowest BCUT2D eigenvalue weighted by Crippen LogP contribution is -2.28. The van der Waals surface area contributed by atoms with Crippen LogP contribution in [0.1, 0.15) is 19.4 Å². The van der Waals surface area contributed by atoms with E-state index >= 15 is 0 Å². The van der Waals surface area contributed by atoms with Crippen molar-refractivity contribution < 1.29 is 4.39 Å². The molecule has 2 atom stereocenters. The number of aliphatic imine (C=N–C) groups is 1. The van der Waals surface area contributed by atoms with Crippen molar-refractivity contribution in [3.8, 4) is 0 Å². The fourth-order valence-electron chi connectivity index (χ4n) is 1.48. The Morgan fingerprint density at radius 3 is 2.69 bits per heavy atom. The highest BCUT2D eigenvalue weighted by Crippen LogP contribution is 2.21. The van der Waals surface area contributed by atoms with E-state index in [1.54, 1.807) is 0 Å². The normalized spacial score (nSPS) is 24.4. The number of hydrogen-bond donors (Lipinski definition) is 2. The summed E-state index contributed by atoms with van der Waals surface area (Å²) in [6.45, 7) is 5.62. The summed E-state index contributed by atoms with van der Waals surface area (Å²) in [5.74, 6) is 1.15. The van der Waals surface area contributed by atoms with E-state index in [-0.39, 0.29) is 12.1 Å². The highest BCUT2D eigenvalue weighted by Gasteiger charge is 2.18. The number of halogens is 1. The molecule has 2 heterocycles. The summed E-state index contributed by atoms with van der Waals surface area (Å²) in [5, 5.41) is 5.73. The maximum absolute atomic E-state index is 13.5. The molecule has 1 aromatic heterocycles. The zero-order valence-electron chi connectivity index (χ0n) is 9.45. The monoisotopic (exact) mass is 223 g/mol. The van der Waals surface area contributed by atoms with Crippen LogP contribution in [0.4, 0.5) is 16.0 Å². The predicted molar refractivity (Wildman–Crippen MR) is 61.5 cm³/mol. The third-order valence-corrected chi connectivity index (χ3v) is 2.71. The summed E-state index contributed by atoms with van der Waals surface area (Å²) < 4.78 is 13.5. The van der Waals surface area contributed by atoms with Crippen molar-refractivity contribution in [1.29, 1.82) is 0 Å². The Hall–Kier alpha value is -1.72. The molecule has 0 radical (unpaired) electrons. The van der Waals surface area contributed by atoms with Crippen LogP contribution < -0.4 is 10.6 Å². The highest BCUT2D eigenvalue weighted by molar-refractivity contribution is 5.88. The number of nitrogens with zero attached hydrogens (tertiary/aromatic N) is 3. The molecule has 2 rings (SSSR count). The Bertz CT molecular complexity index is 431. The van der Waals surface area contributed by atoms with Crippen LogP contribution in [-0.2, 0) is 0 Å². The fraction of sp³-hybridized carbons (Fsp3) is 0.500. The second-order valence-electron chi connectivity index (χ2n) is 3.91. The number of anilines is 2. The molecule has 1 aliphatic rings. The van der Waals surface area contributed by atoms with Crippen LogP contribution in [0.15, 0.2) is 11.3 Å². The Labute approximate surface area is 93.2 Å². The van der Waals surface area contributed by atoms with E-state index in [1.807, 2.05) is 20.8 Å². The maximum atomic E-state index is 13.5. The minimum atomic E-state index is -0.615. The number of rotatable bonds is 0. The lowest BCUT2D eigenvalue weighted by atomic mass is 10.2. The van der Waals surface area contributed by atoms with E-state index < -0.39 is 6.09 Å². The third kappa shape index (κ3) is 1.95. The summed E-state index contributed by atoms with van der Waals surface area (Å²) >= 11 is 0. The summed E-state index contributed by atoms with van der Waals surface area (Å²) in [6.07, 6.45) is 0.781. The molecule has 0 aromatic carbocycles. The molecule has 86 valence electrons. The van der Waals surface area contributed by atoms with Crippen molar-refractivity contribution in [1.82, 2.24) is 9.97 Å². The van der Waals surface area contributed by atoms with E-state index in [1.165, 1.54) is 6.33 Å². The molecule has 5 nitrogen and oxygen atoms in total. The quantitative estimate of drug-likeness (QED) is 0.657. The molecule has 0 amide bonds. The van der Waals surface area contributed by atoms with Gasteiger partial charge in [-0.2, -0.15) is 4.39 Å². The average molecular weight is 223 g/mol. The van der Waals surface area contributed by atoms with Crippen molar-refractivity contribution in [3.63, 3.8) is 0 Å². The van der Waals surface area contributed by atoms with E-state index in [2.05, 4.69) is 25.6 Å². The summed E-state index contributed by atoms with van der Waals surface area (Å²) in [5.41, 5.74) is 0.786. The smallest absolute Gasteiger partial charge is 0.283 e. The first-order valence-electron chi connectivity index (χ1n) is 5.16. The van der Waals surface area contributed by atoms with Crippen molar-refractivity contribution in [2.75, 3.05) is 10.6 Å². The molecule has 0 aliphatic carbocycles. The maximum Gasteiger partial charge on any atom is 0.283 e. The molecule has 2 bridgehead atoms. The van der Waals surface area contributed by atoms with Crippen molar-refractivity contribution >= 4 is 17.7 Å². The van der Waals surface area contributed by atoms with Gasteiger partial charge < -0.3 is 10.6 Å². The van der Waals surface area contributed by atoms with Crippen LogP contribution in [0.3, 0.4) is 0 Å². The van der Waals surface area contributed by atoms with Crippen molar-refractivity contribution in [2.45, 2.75) is 32.9 Å². The molecule has 1 unspecified atom stereocenters. The molecule has 6 heteroatoms. The lowest BCUT2D eigenvalue weighted by Gasteiger charge is -2.18.